The SMILES string of the molecule is [CH2]CCC(C=O)N(CC)CCCC. The average Bonchev–Trinajstić information content (AvgIpc) is 2.17. The van der Waals surface area contributed by atoms with Gasteiger partial charge in [-0.15, -0.1) is 0 Å². The maximum Gasteiger partial charge on any atom is 0.137 e. The van der Waals surface area contributed by atoms with E-state index in [0.29, 0.717) is 0 Å². The smallest absolute Gasteiger partial charge is 0.137 e. The Morgan fingerprint density at radius 2 is 2.15 bits per heavy atom. The van der Waals surface area contributed by atoms with E-state index < -0.39 is 0 Å². The van der Waals surface area contributed by atoms with Crippen LogP contribution in [-0.4, -0.2) is 30.3 Å². The lowest BCUT2D eigenvalue weighted by Crippen LogP contribution is -2.37. The van der Waals surface area contributed by atoms with Gasteiger partial charge in [-0.1, -0.05) is 33.6 Å². The normalized spacial score (nSPS) is 13.2. The fraction of sp³-hybridized carbons (Fsp3) is 0.818. The second-order valence-electron chi connectivity index (χ2n) is 3.33. The number of likely N-dealkylation sites (N-methyl/N-ethyl adjacent to an activating group) is 1. The summed E-state index contributed by atoms with van der Waals surface area (Å²) < 4.78 is 0. The van der Waals surface area contributed by atoms with Crippen molar-refractivity contribution in [1.82, 2.24) is 4.90 Å². The first kappa shape index (κ1) is 12.6. The third-order valence-corrected chi connectivity index (χ3v) is 2.33. The molecule has 0 aliphatic heterocycles. The van der Waals surface area contributed by atoms with Crippen LogP contribution in [0.5, 0.6) is 0 Å². The van der Waals surface area contributed by atoms with Gasteiger partial charge in [0.2, 0.25) is 0 Å². The molecule has 0 spiro atoms. The number of nitrogens with zero attached hydrogens (tertiary/aromatic N) is 1. The monoisotopic (exact) mass is 184 g/mol. The van der Waals surface area contributed by atoms with Crippen LogP contribution < -0.4 is 0 Å². The van der Waals surface area contributed by atoms with Crippen molar-refractivity contribution in [2.75, 3.05) is 13.1 Å². The summed E-state index contributed by atoms with van der Waals surface area (Å²) in [5, 5.41) is 0. The molecule has 0 aromatic rings. The molecular weight excluding hydrogens is 162 g/mol. The van der Waals surface area contributed by atoms with E-state index in [1.54, 1.807) is 0 Å². The largest absolute Gasteiger partial charge is 0.302 e. The molecule has 0 saturated carbocycles. The molecule has 13 heavy (non-hydrogen) atoms. The molecule has 0 amide bonds. The van der Waals surface area contributed by atoms with Crippen LogP contribution in [0, 0.1) is 6.92 Å². The fourth-order valence-electron chi connectivity index (χ4n) is 1.47. The topological polar surface area (TPSA) is 20.3 Å². The van der Waals surface area contributed by atoms with Gasteiger partial charge in [0.1, 0.15) is 6.29 Å². The number of carbonyl (C=O) groups excluding carboxylic acids is 1. The van der Waals surface area contributed by atoms with E-state index in [2.05, 4.69) is 25.7 Å². The lowest BCUT2D eigenvalue weighted by atomic mass is 10.1. The number of hydrogen-bond acceptors (Lipinski definition) is 2. The van der Waals surface area contributed by atoms with Gasteiger partial charge in [0.05, 0.1) is 6.04 Å². The van der Waals surface area contributed by atoms with Crippen molar-refractivity contribution >= 4 is 6.29 Å². The quantitative estimate of drug-likeness (QED) is 0.539. The lowest BCUT2D eigenvalue weighted by Gasteiger charge is -2.26. The van der Waals surface area contributed by atoms with Crippen LogP contribution in [0.2, 0.25) is 0 Å². The van der Waals surface area contributed by atoms with Gasteiger partial charge in [-0.25, -0.2) is 0 Å². The molecule has 77 valence electrons. The third kappa shape index (κ3) is 5.04. The zero-order valence-corrected chi connectivity index (χ0v) is 8.96. The number of unbranched alkanes of at least 4 members (excludes halogenated alkanes) is 1. The van der Waals surface area contributed by atoms with E-state index in [4.69, 9.17) is 0 Å². The summed E-state index contributed by atoms with van der Waals surface area (Å²) in [5.74, 6) is 0. The Morgan fingerprint density at radius 1 is 1.46 bits per heavy atom. The Labute approximate surface area is 82.3 Å². The van der Waals surface area contributed by atoms with Crippen LogP contribution in [0.4, 0.5) is 0 Å². The van der Waals surface area contributed by atoms with Crippen molar-refractivity contribution in [3.63, 3.8) is 0 Å². The van der Waals surface area contributed by atoms with Gasteiger partial charge in [0.25, 0.3) is 0 Å². The summed E-state index contributed by atoms with van der Waals surface area (Å²) in [6.07, 6.45) is 5.15. The number of carbonyl (C=O) groups is 1. The van der Waals surface area contributed by atoms with E-state index in [1.807, 2.05) is 0 Å². The molecule has 0 aliphatic rings. The van der Waals surface area contributed by atoms with Gasteiger partial charge in [0.15, 0.2) is 0 Å². The Hall–Kier alpha value is -0.370. The first-order valence-electron chi connectivity index (χ1n) is 5.28. The van der Waals surface area contributed by atoms with Crippen molar-refractivity contribution in [1.29, 1.82) is 0 Å². The minimum Gasteiger partial charge on any atom is -0.302 e. The minimum absolute atomic E-state index is 0.0917. The van der Waals surface area contributed by atoms with Crippen molar-refractivity contribution < 1.29 is 4.79 Å². The number of rotatable bonds is 8. The van der Waals surface area contributed by atoms with Crippen molar-refractivity contribution in [2.24, 2.45) is 0 Å². The zero-order chi connectivity index (χ0) is 10.1. The van der Waals surface area contributed by atoms with E-state index in [-0.39, 0.29) is 6.04 Å². The fourth-order valence-corrected chi connectivity index (χ4v) is 1.47. The van der Waals surface area contributed by atoms with Crippen molar-refractivity contribution in [2.45, 2.75) is 45.6 Å². The first-order valence-corrected chi connectivity index (χ1v) is 5.28. The molecule has 0 aromatic carbocycles. The first-order chi connectivity index (χ1) is 6.29. The Morgan fingerprint density at radius 3 is 2.54 bits per heavy atom. The summed E-state index contributed by atoms with van der Waals surface area (Å²) in [4.78, 5) is 13.0. The van der Waals surface area contributed by atoms with Crippen LogP contribution in [0.15, 0.2) is 0 Å². The molecule has 0 saturated heterocycles. The predicted octanol–water partition coefficient (Wildman–Crippen LogP) is 2.29. The van der Waals surface area contributed by atoms with Crippen LogP contribution in [0.1, 0.15) is 39.5 Å². The Bertz CT molecular complexity index is 125. The maximum atomic E-state index is 10.8. The molecule has 1 unspecified atom stereocenters. The highest BCUT2D eigenvalue weighted by Crippen LogP contribution is 2.05. The van der Waals surface area contributed by atoms with Crippen molar-refractivity contribution in [3.8, 4) is 0 Å². The molecule has 1 atom stereocenters. The molecule has 0 aromatic heterocycles. The van der Waals surface area contributed by atoms with Gasteiger partial charge in [-0.3, -0.25) is 4.90 Å². The molecule has 0 heterocycles. The highest BCUT2D eigenvalue weighted by molar-refractivity contribution is 5.57. The van der Waals surface area contributed by atoms with E-state index in [0.717, 1.165) is 32.2 Å². The summed E-state index contributed by atoms with van der Waals surface area (Å²) >= 11 is 0. The predicted molar refractivity (Wildman–Crippen MR) is 56.6 cm³/mol. The highest BCUT2D eigenvalue weighted by Gasteiger charge is 2.13. The van der Waals surface area contributed by atoms with Gasteiger partial charge < -0.3 is 4.79 Å². The molecule has 2 heteroatoms. The highest BCUT2D eigenvalue weighted by atomic mass is 16.1. The molecule has 1 radical (unpaired) electrons. The summed E-state index contributed by atoms with van der Waals surface area (Å²) in [7, 11) is 0. The summed E-state index contributed by atoms with van der Waals surface area (Å²) in [6.45, 7) is 10.1. The summed E-state index contributed by atoms with van der Waals surface area (Å²) in [6, 6.07) is 0.0917. The molecule has 0 bridgehead atoms. The van der Waals surface area contributed by atoms with Crippen LogP contribution in [0.25, 0.3) is 0 Å². The van der Waals surface area contributed by atoms with E-state index in [1.165, 1.54) is 12.8 Å². The molecule has 0 rings (SSSR count). The maximum absolute atomic E-state index is 10.8. The Balaban J connectivity index is 3.92. The zero-order valence-electron chi connectivity index (χ0n) is 8.96. The summed E-state index contributed by atoms with van der Waals surface area (Å²) in [5.41, 5.74) is 0. The third-order valence-electron chi connectivity index (χ3n) is 2.33. The molecule has 0 N–H and O–H groups in total. The van der Waals surface area contributed by atoms with Crippen LogP contribution in [0.3, 0.4) is 0 Å². The average molecular weight is 184 g/mol. The molecule has 0 aliphatic carbocycles. The number of hydrogen-bond donors (Lipinski definition) is 0. The van der Waals surface area contributed by atoms with Crippen molar-refractivity contribution in [3.05, 3.63) is 6.92 Å². The molecular formula is C11H22NO. The molecule has 0 fully saturated rings. The van der Waals surface area contributed by atoms with Gasteiger partial charge >= 0.3 is 0 Å². The van der Waals surface area contributed by atoms with E-state index >= 15 is 0 Å². The van der Waals surface area contributed by atoms with E-state index in [9.17, 15) is 4.79 Å². The molecule has 2 nitrogen and oxygen atoms in total. The van der Waals surface area contributed by atoms with Gasteiger partial charge in [-0.05, 0) is 25.9 Å². The van der Waals surface area contributed by atoms with Crippen LogP contribution in [-0.2, 0) is 4.79 Å². The van der Waals surface area contributed by atoms with Gasteiger partial charge in [0, 0.05) is 0 Å². The number of aldehydes is 1. The minimum atomic E-state index is 0.0917. The Kier molecular flexibility index (Phi) is 8.00. The van der Waals surface area contributed by atoms with Crippen LogP contribution >= 0.6 is 0 Å². The standard InChI is InChI=1S/C11H22NO/c1-4-7-9-12(6-3)11(10-13)8-5-2/h10-11H,2,4-9H2,1,3H3. The van der Waals surface area contributed by atoms with Gasteiger partial charge in [-0.2, -0.15) is 0 Å². The second-order valence-corrected chi connectivity index (χ2v) is 3.33. The second kappa shape index (κ2) is 8.24. The lowest BCUT2D eigenvalue weighted by molar-refractivity contribution is -0.112.